The van der Waals surface area contributed by atoms with E-state index in [2.05, 4.69) is 35.8 Å². The molecule has 0 saturated heterocycles. The van der Waals surface area contributed by atoms with E-state index in [4.69, 9.17) is 9.72 Å². The lowest BCUT2D eigenvalue weighted by Crippen LogP contribution is -2.29. The fourth-order valence-electron chi connectivity index (χ4n) is 3.51. The van der Waals surface area contributed by atoms with Gasteiger partial charge < -0.3 is 14.5 Å². The predicted octanol–water partition coefficient (Wildman–Crippen LogP) is 3.89. The van der Waals surface area contributed by atoms with Crippen LogP contribution in [0.2, 0.25) is 0 Å². The number of thiazole rings is 1. The molecule has 0 radical (unpaired) electrons. The number of rotatable bonds is 2. The summed E-state index contributed by atoms with van der Waals surface area (Å²) in [7, 11) is 4.05. The van der Waals surface area contributed by atoms with Crippen LogP contribution in [0.25, 0.3) is 0 Å². The summed E-state index contributed by atoms with van der Waals surface area (Å²) in [5, 5.41) is 0.900. The minimum atomic E-state index is -0.00354. The molecule has 0 amide bonds. The Morgan fingerprint density at radius 2 is 2.08 bits per heavy atom. The molecule has 2 heterocycles. The standard InChI is InChI=1S/C19H23N3O2S/c1-19(2)10-13-17(15(23)11-19)25-18(20-13)22-7-8-24-16-6-5-12(21(3)4)9-14(16)22/h5-6,9H,7-8,10-11H2,1-4H3. The highest BCUT2D eigenvalue weighted by Crippen LogP contribution is 2.44. The summed E-state index contributed by atoms with van der Waals surface area (Å²) < 4.78 is 5.82. The molecule has 0 spiro atoms. The van der Waals surface area contributed by atoms with Gasteiger partial charge in [0.2, 0.25) is 0 Å². The van der Waals surface area contributed by atoms with Crippen LogP contribution in [-0.4, -0.2) is 38.0 Å². The Morgan fingerprint density at radius 1 is 1.28 bits per heavy atom. The topological polar surface area (TPSA) is 45.7 Å². The van der Waals surface area contributed by atoms with Gasteiger partial charge in [-0.15, -0.1) is 0 Å². The second-order valence-corrected chi connectivity index (χ2v) is 8.74. The van der Waals surface area contributed by atoms with Crippen molar-refractivity contribution in [2.24, 2.45) is 5.41 Å². The third-order valence-electron chi connectivity index (χ3n) is 4.78. The molecule has 0 atom stereocenters. The number of Topliss-reactive ketones (excluding diaryl/α,β-unsaturated/α-hetero) is 1. The van der Waals surface area contributed by atoms with E-state index < -0.39 is 0 Å². The van der Waals surface area contributed by atoms with E-state index in [1.807, 2.05) is 20.2 Å². The van der Waals surface area contributed by atoms with Crippen LogP contribution in [0.4, 0.5) is 16.5 Å². The number of benzene rings is 1. The smallest absolute Gasteiger partial charge is 0.190 e. The number of nitrogens with zero attached hydrogens (tertiary/aromatic N) is 3. The van der Waals surface area contributed by atoms with Gasteiger partial charge in [-0.25, -0.2) is 4.98 Å². The summed E-state index contributed by atoms with van der Waals surface area (Å²) in [6.07, 6.45) is 1.46. The molecule has 0 saturated carbocycles. The lowest BCUT2D eigenvalue weighted by molar-refractivity contribution is 0.0916. The average molecular weight is 357 g/mol. The van der Waals surface area contributed by atoms with Crippen LogP contribution in [0.15, 0.2) is 18.2 Å². The average Bonchev–Trinajstić information content (AvgIpc) is 2.96. The van der Waals surface area contributed by atoms with Gasteiger partial charge in [0.25, 0.3) is 0 Å². The second kappa shape index (κ2) is 5.73. The normalized spacial score (nSPS) is 18.4. The van der Waals surface area contributed by atoms with Gasteiger partial charge in [0.15, 0.2) is 10.9 Å². The molecule has 0 fully saturated rings. The molecule has 25 heavy (non-hydrogen) atoms. The van der Waals surface area contributed by atoms with Gasteiger partial charge in [-0.3, -0.25) is 4.79 Å². The van der Waals surface area contributed by atoms with Crippen LogP contribution in [0.1, 0.15) is 35.6 Å². The Hall–Kier alpha value is -2.08. The van der Waals surface area contributed by atoms with Gasteiger partial charge in [-0.05, 0) is 30.0 Å². The van der Waals surface area contributed by atoms with E-state index >= 15 is 0 Å². The van der Waals surface area contributed by atoms with Crippen molar-refractivity contribution >= 4 is 33.6 Å². The van der Waals surface area contributed by atoms with Crippen molar-refractivity contribution in [2.45, 2.75) is 26.7 Å². The van der Waals surface area contributed by atoms with Crippen molar-refractivity contribution in [3.8, 4) is 5.75 Å². The zero-order valence-corrected chi connectivity index (χ0v) is 15.9. The Bertz CT molecular complexity index is 841. The monoisotopic (exact) mass is 357 g/mol. The van der Waals surface area contributed by atoms with Crippen LogP contribution in [0.5, 0.6) is 5.75 Å². The Kier molecular flexibility index (Phi) is 3.76. The van der Waals surface area contributed by atoms with Crippen molar-refractivity contribution < 1.29 is 9.53 Å². The molecular weight excluding hydrogens is 334 g/mol. The van der Waals surface area contributed by atoms with Gasteiger partial charge >= 0.3 is 0 Å². The van der Waals surface area contributed by atoms with Crippen molar-refractivity contribution in [1.82, 2.24) is 4.98 Å². The minimum Gasteiger partial charge on any atom is -0.490 e. The highest BCUT2D eigenvalue weighted by atomic mass is 32.1. The molecular formula is C19H23N3O2S. The van der Waals surface area contributed by atoms with Crippen molar-refractivity contribution in [1.29, 1.82) is 0 Å². The van der Waals surface area contributed by atoms with Crippen molar-refractivity contribution in [3.63, 3.8) is 0 Å². The number of ketones is 1. The maximum absolute atomic E-state index is 12.5. The number of carbonyl (C=O) groups excluding carboxylic acids is 1. The molecule has 0 unspecified atom stereocenters. The first-order valence-electron chi connectivity index (χ1n) is 8.59. The van der Waals surface area contributed by atoms with Gasteiger partial charge in [-0.2, -0.15) is 0 Å². The Balaban J connectivity index is 1.76. The molecule has 1 aromatic carbocycles. The molecule has 1 aromatic heterocycles. The lowest BCUT2D eigenvalue weighted by atomic mass is 9.78. The first kappa shape index (κ1) is 16.4. The van der Waals surface area contributed by atoms with E-state index in [0.717, 1.165) is 45.8 Å². The maximum Gasteiger partial charge on any atom is 0.190 e. The van der Waals surface area contributed by atoms with Crippen LogP contribution >= 0.6 is 11.3 Å². The number of hydrogen-bond acceptors (Lipinski definition) is 6. The molecule has 6 heteroatoms. The molecule has 2 aliphatic rings. The summed E-state index contributed by atoms with van der Waals surface area (Å²) in [5.41, 5.74) is 3.09. The molecule has 2 aromatic rings. The third kappa shape index (κ3) is 2.88. The molecule has 1 aliphatic heterocycles. The lowest BCUT2D eigenvalue weighted by Gasteiger charge is -2.30. The first-order chi connectivity index (χ1) is 11.8. The quantitative estimate of drug-likeness (QED) is 0.816. The van der Waals surface area contributed by atoms with E-state index in [-0.39, 0.29) is 11.2 Å². The number of aromatic nitrogens is 1. The predicted molar refractivity (Wildman–Crippen MR) is 102 cm³/mol. The summed E-state index contributed by atoms with van der Waals surface area (Å²) in [4.78, 5) is 22.5. The summed E-state index contributed by atoms with van der Waals surface area (Å²) in [6, 6.07) is 6.19. The number of carbonyl (C=O) groups is 1. The summed E-state index contributed by atoms with van der Waals surface area (Å²) in [5.74, 6) is 1.10. The van der Waals surface area contributed by atoms with Gasteiger partial charge in [0, 0.05) is 26.2 Å². The van der Waals surface area contributed by atoms with Crippen molar-refractivity contribution in [2.75, 3.05) is 37.0 Å². The van der Waals surface area contributed by atoms with Gasteiger partial charge in [-0.1, -0.05) is 25.2 Å². The van der Waals surface area contributed by atoms with E-state index in [1.165, 1.54) is 11.3 Å². The zero-order valence-electron chi connectivity index (χ0n) is 15.1. The molecule has 1 aliphatic carbocycles. The number of fused-ring (bicyclic) bond motifs is 2. The van der Waals surface area contributed by atoms with Crippen LogP contribution in [0, 0.1) is 5.41 Å². The summed E-state index contributed by atoms with van der Waals surface area (Å²) in [6.45, 7) is 5.65. The first-order valence-corrected chi connectivity index (χ1v) is 9.40. The molecule has 5 nitrogen and oxygen atoms in total. The fraction of sp³-hybridized carbons (Fsp3) is 0.474. The van der Waals surface area contributed by atoms with Crippen LogP contribution in [-0.2, 0) is 6.42 Å². The largest absolute Gasteiger partial charge is 0.490 e. The highest BCUT2D eigenvalue weighted by Gasteiger charge is 2.35. The SMILES string of the molecule is CN(C)c1ccc2c(c1)N(c1nc3c(s1)C(=O)CC(C)(C)C3)CCO2. The van der Waals surface area contributed by atoms with Crippen LogP contribution < -0.4 is 14.5 Å². The number of hydrogen-bond donors (Lipinski definition) is 0. The van der Waals surface area contributed by atoms with E-state index in [1.54, 1.807) is 0 Å². The van der Waals surface area contributed by atoms with E-state index in [0.29, 0.717) is 13.0 Å². The Labute approximate surface area is 152 Å². The second-order valence-electron chi connectivity index (χ2n) is 7.76. The molecule has 4 rings (SSSR count). The number of ether oxygens (including phenoxy) is 1. The van der Waals surface area contributed by atoms with Gasteiger partial charge in [0.1, 0.15) is 12.4 Å². The third-order valence-corrected chi connectivity index (χ3v) is 5.94. The highest BCUT2D eigenvalue weighted by molar-refractivity contribution is 7.17. The fourth-order valence-corrected chi connectivity index (χ4v) is 4.57. The zero-order chi connectivity index (χ0) is 17.8. The van der Waals surface area contributed by atoms with Crippen molar-refractivity contribution in [3.05, 3.63) is 28.8 Å². The van der Waals surface area contributed by atoms with E-state index in [9.17, 15) is 4.79 Å². The number of anilines is 3. The molecule has 0 N–H and O–H groups in total. The van der Waals surface area contributed by atoms with Gasteiger partial charge in [0.05, 0.1) is 22.8 Å². The Morgan fingerprint density at radius 3 is 2.84 bits per heavy atom. The molecule has 0 bridgehead atoms. The molecule has 132 valence electrons. The minimum absolute atomic E-state index is 0.00354. The maximum atomic E-state index is 12.5. The summed E-state index contributed by atoms with van der Waals surface area (Å²) >= 11 is 1.52. The van der Waals surface area contributed by atoms with Crippen LogP contribution in [0.3, 0.4) is 0 Å².